The Hall–Kier alpha value is -3.07. The van der Waals surface area contributed by atoms with E-state index in [1.807, 2.05) is 0 Å². The molecule has 1 N–H and O–H groups in total. The summed E-state index contributed by atoms with van der Waals surface area (Å²) in [6.07, 6.45) is 7.28. The minimum atomic E-state index is -3.02. The first kappa shape index (κ1) is 27.0. The van der Waals surface area contributed by atoms with Gasteiger partial charge in [-0.15, -0.1) is 0 Å². The third-order valence-corrected chi connectivity index (χ3v) is 7.11. The molecule has 1 saturated heterocycles. The third-order valence-electron chi connectivity index (χ3n) is 7.11. The molecule has 0 unspecified atom stereocenters. The lowest BCUT2D eigenvalue weighted by Crippen LogP contribution is -2.43. The van der Waals surface area contributed by atoms with Crippen LogP contribution in [0, 0.1) is 17.6 Å². The van der Waals surface area contributed by atoms with Crippen molar-refractivity contribution >= 4 is 12.0 Å². The van der Waals surface area contributed by atoms with Crippen molar-refractivity contribution in [3.8, 4) is 11.5 Å². The molecule has 0 bridgehead atoms. The second kappa shape index (κ2) is 12.0. The van der Waals surface area contributed by atoms with Crippen molar-refractivity contribution in [2.75, 3.05) is 20.2 Å². The molecular weight excluding hydrogens is 488 g/mol. The molecule has 37 heavy (non-hydrogen) atoms. The molecule has 9 heteroatoms. The van der Waals surface area contributed by atoms with Gasteiger partial charge in [0.2, 0.25) is 0 Å². The fourth-order valence-electron chi connectivity index (χ4n) is 5.47. The summed E-state index contributed by atoms with van der Waals surface area (Å²) >= 11 is 0. The van der Waals surface area contributed by atoms with Crippen molar-refractivity contribution in [2.45, 2.75) is 57.7 Å². The van der Waals surface area contributed by atoms with E-state index < -0.39 is 18.2 Å². The highest BCUT2D eigenvalue weighted by Crippen LogP contribution is 2.34. The van der Waals surface area contributed by atoms with Crippen LogP contribution in [0.15, 0.2) is 42.0 Å². The average Bonchev–Trinajstić information content (AvgIpc) is 3.27. The van der Waals surface area contributed by atoms with E-state index in [1.54, 1.807) is 17.9 Å². The van der Waals surface area contributed by atoms with Crippen molar-refractivity contribution in [1.82, 2.24) is 10.2 Å². The smallest absolute Gasteiger partial charge is 0.387 e. The molecule has 5 nitrogen and oxygen atoms in total. The van der Waals surface area contributed by atoms with Gasteiger partial charge in [-0.1, -0.05) is 24.5 Å². The zero-order valence-corrected chi connectivity index (χ0v) is 21.0. The van der Waals surface area contributed by atoms with Crippen LogP contribution in [0.25, 0.3) is 6.08 Å². The third kappa shape index (κ3) is 6.83. The molecule has 200 valence electrons. The lowest BCUT2D eigenvalue weighted by Gasteiger charge is -2.27. The van der Waals surface area contributed by atoms with Gasteiger partial charge in [0.25, 0.3) is 5.91 Å². The molecule has 2 aromatic carbocycles. The molecule has 2 aliphatic rings. The molecular formula is C28H32F4N2O3. The summed E-state index contributed by atoms with van der Waals surface area (Å²) in [4.78, 5) is 15.3. The number of benzene rings is 2. The first-order valence-electron chi connectivity index (χ1n) is 12.5. The number of fused-ring (bicyclic) bond motifs is 1. The minimum Gasteiger partial charge on any atom is -0.493 e. The Morgan fingerprint density at radius 3 is 2.62 bits per heavy atom. The Kier molecular flexibility index (Phi) is 8.74. The molecule has 0 aromatic heterocycles. The van der Waals surface area contributed by atoms with Gasteiger partial charge in [0, 0.05) is 42.4 Å². The number of alkyl halides is 2. The fourth-order valence-corrected chi connectivity index (χ4v) is 5.47. The van der Waals surface area contributed by atoms with Crippen LogP contribution in [0.5, 0.6) is 11.5 Å². The molecule has 1 saturated carbocycles. The Morgan fingerprint density at radius 2 is 1.92 bits per heavy atom. The quantitative estimate of drug-likeness (QED) is 0.410. The largest absolute Gasteiger partial charge is 0.493 e. The van der Waals surface area contributed by atoms with Crippen LogP contribution in [-0.4, -0.2) is 49.7 Å². The number of ether oxygens (including phenoxy) is 2. The van der Waals surface area contributed by atoms with Crippen LogP contribution in [0.1, 0.15) is 54.9 Å². The van der Waals surface area contributed by atoms with Crippen molar-refractivity contribution in [3.05, 3.63) is 64.7 Å². The van der Waals surface area contributed by atoms with E-state index >= 15 is 0 Å². The number of carbonyl (C=O) groups is 1. The molecule has 0 spiro atoms. The zero-order chi connectivity index (χ0) is 26.5. The van der Waals surface area contributed by atoms with Crippen LogP contribution >= 0.6 is 0 Å². The van der Waals surface area contributed by atoms with E-state index in [-0.39, 0.29) is 41.1 Å². The summed E-state index contributed by atoms with van der Waals surface area (Å²) in [6.45, 7) is -0.601. The maximum Gasteiger partial charge on any atom is 0.387 e. The van der Waals surface area contributed by atoms with E-state index in [4.69, 9.17) is 4.74 Å². The summed E-state index contributed by atoms with van der Waals surface area (Å²) in [5.74, 6) is -1.21. The fraction of sp³-hybridized carbons (Fsp3) is 0.464. The zero-order valence-electron chi connectivity index (χ0n) is 21.0. The van der Waals surface area contributed by atoms with Crippen molar-refractivity contribution in [2.24, 2.45) is 5.92 Å². The molecule has 3 atom stereocenters. The van der Waals surface area contributed by atoms with E-state index in [0.29, 0.717) is 24.1 Å². The van der Waals surface area contributed by atoms with Crippen LogP contribution < -0.4 is 14.8 Å². The number of hydrogen-bond donors (Lipinski definition) is 1. The molecule has 1 heterocycles. The summed E-state index contributed by atoms with van der Waals surface area (Å²) in [5, 5.41) is 3.68. The maximum atomic E-state index is 14.2. The number of rotatable bonds is 9. The molecule has 1 aliphatic carbocycles. The summed E-state index contributed by atoms with van der Waals surface area (Å²) < 4.78 is 62.7. The molecule has 1 aliphatic heterocycles. The van der Waals surface area contributed by atoms with Crippen molar-refractivity contribution in [1.29, 1.82) is 0 Å². The molecule has 4 rings (SSSR count). The number of nitrogens with one attached hydrogen (secondary N) is 1. The van der Waals surface area contributed by atoms with Gasteiger partial charge in [-0.25, -0.2) is 8.78 Å². The van der Waals surface area contributed by atoms with Gasteiger partial charge >= 0.3 is 6.61 Å². The summed E-state index contributed by atoms with van der Waals surface area (Å²) in [5.41, 5.74) is 1.19. The number of methoxy groups -OCH3 is 1. The molecule has 0 radical (unpaired) electrons. The maximum absolute atomic E-state index is 14.2. The van der Waals surface area contributed by atoms with Gasteiger partial charge < -0.3 is 19.7 Å². The Labute approximate surface area is 214 Å². The number of halogens is 4. The second-order valence-corrected chi connectivity index (χ2v) is 9.84. The molecule has 2 fully saturated rings. The van der Waals surface area contributed by atoms with Crippen LogP contribution in [0.2, 0.25) is 0 Å². The summed E-state index contributed by atoms with van der Waals surface area (Å²) in [6, 6.07) is 8.02. The van der Waals surface area contributed by atoms with Crippen LogP contribution in [0.3, 0.4) is 0 Å². The minimum absolute atomic E-state index is 0.0248. The van der Waals surface area contributed by atoms with Crippen LogP contribution in [0.4, 0.5) is 17.6 Å². The van der Waals surface area contributed by atoms with Gasteiger partial charge in [-0.2, -0.15) is 8.78 Å². The first-order valence-corrected chi connectivity index (χ1v) is 12.5. The predicted octanol–water partition coefficient (Wildman–Crippen LogP) is 6.04. The molecule has 2 aromatic rings. The number of hydrogen-bond acceptors (Lipinski definition) is 4. The van der Waals surface area contributed by atoms with Gasteiger partial charge in [0.15, 0.2) is 11.5 Å². The Bertz CT molecular complexity index is 1130. The van der Waals surface area contributed by atoms with Gasteiger partial charge in [-0.3, -0.25) is 4.79 Å². The molecule has 1 amide bonds. The van der Waals surface area contributed by atoms with E-state index in [9.17, 15) is 22.4 Å². The number of amides is 1. The van der Waals surface area contributed by atoms with Crippen molar-refractivity contribution in [3.63, 3.8) is 0 Å². The van der Waals surface area contributed by atoms with E-state index in [0.717, 1.165) is 18.9 Å². The first-order chi connectivity index (χ1) is 17.7. The SMILES string of the molecule is COc1cc(C(=O)N(C/C(C)=C/c2ccc(F)cc2F)C[C@@H]2C[C@@H]3CCCC[C@@H]3N2)ccc1OC(F)F. The Morgan fingerprint density at radius 1 is 1.14 bits per heavy atom. The van der Waals surface area contributed by atoms with Crippen LogP contribution in [-0.2, 0) is 0 Å². The predicted molar refractivity (Wildman–Crippen MR) is 133 cm³/mol. The number of carbonyl (C=O) groups excluding carboxylic acids is 1. The van der Waals surface area contributed by atoms with Gasteiger partial charge in [0.1, 0.15) is 11.6 Å². The lowest BCUT2D eigenvalue weighted by molar-refractivity contribution is -0.0512. The number of nitrogens with zero attached hydrogens (tertiary/aromatic N) is 1. The Balaban J connectivity index is 1.57. The topological polar surface area (TPSA) is 50.8 Å². The standard InChI is InChI=1S/C28H32F4N2O3/c1-17(11-18-7-9-21(29)14-23(18)30)15-34(16-22-12-19-5-3-4-6-24(19)33-22)27(35)20-8-10-25(37-28(31)32)26(13-20)36-2/h7-11,13-14,19,22,24,28,33H,3-6,12,15-16H2,1-2H3/b17-11+/t19-,22-,24-/m0/s1. The highest BCUT2D eigenvalue weighted by molar-refractivity contribution is 5.95. The normalized spacial score (nSPS) is 21.6. The van der Waals surface area contributed by atoms with Crippen molar-refractivity contribution < 1.29 is 31.8 Å². The highest BCUT2D eigenvalue weighted by Gasteiger charge is 2.36. The highest BCUT2D eigenvalue weighted by atomic mass is 19.3. The van der Waals surface area contributed by atoms with E-state index in [2.05, 4.69) is 10.1 Å². The van der Waals surface area contributed by atoms with Gasteiger partial charge in [-0.05, 0) is 62.4 Å². The van der Waals surface area contributed by atoms with Gasteiger partial charge in [0.05, 0.1) is 7.11 Å². The van der Waals surface area contributed by atoms with E-state index in [1.165, 1.54) is 56.7 Å². The monoisotopic (exact) mass is 520 g/mol. The summed E-state index contributed by atoms with van der Waals surface area (Å²) in [7, 11) is 1.31. The lowest BCUT2D eigenvalue weighted by atomic mass is 9.85. The average molecular weight is 521 g/mol. The second-order valence-electron chi connectivity index (χ2n) is 9.84.